The Hall–Kier alpha value is -2.95. The van der Waals surface area contributed by atoms with Crippen LogP contribution in [0, 0.1) is 17.2 Å². The minimum Gasteiger partial charge on any atom is -0.515 e. The maximum Gasteiger partial charge on any atom is 0.126 e. The zero-order valence-corrected chi connectivity index (χ0v) is 14.3. The second kappa shape index (κ2) is 8.78. The molecule has 0 bridgehead atoms. The maximum atomic E-state index is 9.64. The Bertz CT molecular complexity index is 704. The van der Waals surface area contributed by atoms with Crippen LogP contribution in [0.3, 0.4) is 0 Å². The van der Waals surface area contributed by atoms with Gasteiger partial charge in [0.25, 0.3) is 0 Å². The fourth-order valence-electron chi connectivity index (χ4n) is 3.33. The van der Waals surface area contributed by atoms with E-state index in [4.69, 9.17) is 15.3 Å². The fourth-order valence-corrected chi connectivity index (χ4v) is 3.33. The first-order chi connectivity index (χ1) is 12.1. The number of ether oxygens (including phenoxy) is 1. The molecule has 0 aromatic rings. The summed E-state index contributed by atoms with van der Waals surface area (Å²) < 4.78 is 5.82. The van der Waals surface area contributed by atoms with Crippen LogP contribution >= 0.6 is 0 Å². The zero-order valence-electron chi connectivity index (χ0n) is 14.3. The lowest BCUT2D eigenvalue weighted by molar-refractivity contribution is 0.136. The van der Waals surface area contributed by atoms with E-state index in [1.807, 2.05) is 12.2 Å². The topological polar surface area (TPSA) is 85.6 Å². The van der Waals surface area contributed by atoms with Crippen molar-refractivity contribution in [2.45, 2.75) is 13.3 Å². The lowest BCUT2D eigenvalue weighted by atomic mass is 9.82. The molecule has 0 spiro atoms. The molecule has 2 atom stereocenters. The number of fused-ring (bicyclic) bond motifs is 1. The molecule has 0 fully saturated rings. The highest BCUT2D eigenvalue weighted by atomic mass is 16.5. The Labute approximate surface area is 148 Å². The lowest BCUT2D eigenvalue weighted by Gasteiger charge is -2.30. The first-order valence-electron chi connectivity index (χ1n) is 8.11. The molecule has 5 heteroatoms. The van der Waals surface area contributed by atoms with Crippen LogP contribution in [0.5, 0.6) is 0 Å². The Morgan fingerprint density at radius 2 is 2.12 bits per heavy atom. The molecule has 0 aromatic carbocycles. The predicted molar refractivity (Wildman–Crippen MR) is 100 cm³/mol. The van der Waals surface area contributed by atoms with Crippen LogP contribution in [-0.4, -0.2) is 23.0 Å². The standard InChI is InChI=1S/C20H24N2O3/c1-3-17-15(11-14(2)24)12-16-13-25-19(6-10-23)18(20(16)17)5-9-22-8-4-7-21/h3-11,16,20-24H,1,12-13H2,2H3/b8-4-,9-5+,10-6+,14-11+,21-7?. The van der Waals surface area contributed by atoms with E-state index in [1.54, 1.807) is 31.5 Å². The molecule has 1 aliphatic heterocycles. The third-order valence-electron chi connectivity index (χ3n) is 4.21. The maximum absolute atomic E-state index is 9.64. The minimum atomic E-state index is 0.0906. The largest absolute Gasteiger partial charge is 0.515 e. The highest BCUT2D eigenvalue weighted by Crippen LogP contribution is 2.47. The summed E-state index contributed by atoms with van der Waals surface area (Å²) in [6, 6.07) is 0. The molecule has 1 aliphatic carbocycles. The van der Waals surface area contributed by atoms with E-state index in [-0.39, 0.29) is 17.6 Å². The van der Waals surface area contributed by atoms with Crippen LogP contribution in [-0.2, 0) is 4.74 Å². The lowest BCUT2D eigenvalue weighted by Crippen LogP contribution is -2.24. The highest BCUT2D eigenvalue weighted by Gasteiger charge is 2.39. The van der Waals surface area contributed by atoms with Gasteiger partial charge in [-0.15, -0.1) is 0 Å². The molecule has 0 saturated heterocycles. The van der Waals surface area contributed by atoms with Crippen molar-refractivity contribution in [1.29, 1.82) is 5.41 Å². The van der Waals surface area contributed by atoms with Crippen molar-refractivity contribution in [1.82, 2.24) is 5.32 Å². The molecule has 0 radical (unpaired) electrons. The number of hydrogen-bond acceptors (Lipinski definition) is 5. The van der Waals surface area contributed by atoms with E-state index in [0.717, 1.165) is 29.4 Å². The van der Waals surface area contributed by atoms with Crippen molar-refractivity contribution in [2.24, 2.45) is 11.8 Å². The number of nitrogens with one attached hydrogen (secondary N) is 2. The Balaban J connectivity index is 2.43. The molecule has 5 nitrogen and oxygen atoms in total. The van der Waals surface area contributed by atoms with Crippen LogP contribution in [0.2, 0.25) is 0 Å². The van der Waals surface area contributed by atoms with Gasteiger partial charge in [0.1, 0.15) is 5.76 Å². The quantitative estimate of drug-likeness (QED) is 0.413. The van der Waals surface area contributed by atoms with Crippen LogP contribution in [0.25, 0.3) is 0 Å². The number of allylic oxidation sites excluding steroid dienone is 9. The average molecular weight is 340 g/mol. The van der Waals surface area contributed by atoms with Crippen LogP contribution < -0.4 is 5.32 Å². The number of rotatable bonds is 7. The molecule has 132 valence electrons. The molecular formula is C20H24N2O3. The number of aliphatic hydroxyl groups is 2. The summed E-state index contributed by atoms with van der Waals surface area (Å²) in [6.45, 7) is 6.14. The summed E-state index contributed by atoms with van der Waals surface area (Å²) in [5.41, 5.74) is 3.07. The van der Waals surface area contributed by atoms with Crippen molar-refractivity contribution >= 4 is 6.21 Å². The van der Waals surface area contributed by atoms with E-state index in [2.05, 4.69) is 11.9 Å². The van der Waals surface area contributed by atoms with Gasteiger partial charge in [0.15, 0.2) is 0 Å². The van der Waals surface area contributed by atoms with E-state index in [9.17, 15) is 5.11 Å². The highest BCUT2D eigenvalue weighted by molar-refractivity contribution is 5.67. The zero-order chi connectivity index (χ0) is 18.2. The molecule has 25 heavy (non-hydrogen) atoms. The van der Waals surface area contributed by atoms with Gasteiger partial charge in [0, 0.05) is 42.1 Å². The van der Waals surface area contributed by atoms with Crippen LogP contribution in [0.1, 0.15) is 13.3 Å². The van der Waals surface area contributed by atoms with Gasteiger partial charge in [-0.3, -0.25) is 0 Å². The average Bonchev–Trinajstić information content (AvgIpc) is 2.92. The van der Waals surface area contributed by atoms with E-state index in [0.29, 0.717) is 12.4 Å². The Morgan fingerprint density at radius 1 is 1.32 bits per heavy atom. The molecule has 0 saturated carbocycles. The summed E-state index contributed by atoms with van der Waals surface area (Å²) in [7, 11) is 0. The van der Waals surface area contributed by atoms with Crippen LogP contribution in [0.15, 0.2) is 83.9 Å². The summed E-state index contributed by atoms with van der Waals surface area (Å²) in [5, 5.41) is 28.7. The van der Waals surface area contributed by atoms with Gasteiger partial charge in [-0.25, -0.2) is 0 Å². The molecule has 2 rings (SSSR count). The smallest absolute Gasteiger partial charge is 0.126 e. The van der Waals surface area contributed by atoms with Gasteiger partial charge in [-0.1, -0.05) is 12.7 Å². The number of hydrogen-bond donors (Lipinski definition) is 4. The van der Waals surface area contributed by atoms with Crippen molar-refractivity contribution in [3.8, 4) is 0 Å². The van der Waals surface area contributed by atoms with E-state index >= 15 is 0 Å². The van der Waals surface area contributed by atoms with Crippen molar-refractivity contribution in [3.05, 3.63) is 83.9 Å². The monoisotopic (exact) mass is 340 g/mol. The normalized spacial score (nSPS) is 24.3. The van der Waals surface area contributed by atoms with Gasteiger partial charge >= 0.3 is 0 Å². The molecule has 2 aliphatic rings. The molecule has 4 N–H and O–H groups in total. The molecule has 2 unspecified atom stereocenters. The summed E-state index contributed by atoms with van der Waals surface area (Å²) in [6.07, 6.45) is 15.0. The van der Waals surface area contributed by atoms with Gasteiger partial charge < -0.3 is 25.7 Å². The van der Waals surface area contributed by atoms with Crippen LogP contribution in [0.4, 0.5) is 0 Å². The Morgan fingerprint density at radius 3 is 2.76 bits per heavy atom. The Kier molecular flexibility index (Phi) is 6.46. The third-order valence-corrected chi connectivity index (χ3v) is 4.21. The first-order valence-corrected chi connectivity index (χ1v) is 8.11. The van der Waals surface area contributed by atoms with Crippen molar-refractivity contribution in [2.75, 3.05) is 6.61 Å². The predicted octanol–water partition coefficient (Wildman–Crippen LogP) is 4.19. The van der Waals surface area contributed by atoms with Crippen molar-refractivity contribution in [3.63, 3.8) is 0 Å². The van der Waals surface area contributed by atoms with Gasteiger partial charge in [0.2, 0.25) is 0 Å². The molecule has 0 aromatic heterocycles. The second-order valence-electron chi connectivity index (χ2n) is 5.88. The van der Waals surface area contributed by atoms with Crippen molar-refractivity contribution < 1.29 is 14.9 Å². The summed E-state index contributed by atoms with van der Waals surface area (Å²) >= 11 is 0. The van der Waals surface area contributed by atoms with Gasteiger partial charge in [0.05, 0.1) is 18.6 Å². The molecule has 1 heterocycles. The van der Waals surface area contributed by atoms with E-state index in [1.165, 1.54) is 12.3 Å². The van der Waals surface area contributed by atoms with E-state index < -0.39 is 0 Å². The SMILES string of the molecule is C=CC1=C(/C=C(\C)O)CC2COC(/C=C/O)=C(/C=C/N/C=C\C=N)C12. The summed E-state index contributed by atoms with van der Waals surface area (Å²) in [5.74, 6) is 1.23. The fraction of sp³-hybridized carbons (Fsp3) is 0.250. The summed E-state index contributed by atoms with van der Waals surface area (Å²) in [4.78, 5) is 0. The number of aliphatic hydroxyl groups excluding tert-OH is 2. The second-order valence-corrected chi connectivity index (χ2v) is 5.88. The third kappa shape index (κ3) is 4.32. The molecule has 0 amide bonds. The molecular weight excluding hydrogens is 316 g/mol. The van der Waals surface area contributed by atoms with Gasteiger partial charge in [-0.2, -0.15) is 0 Å². The van der Waals surface area contributed by atoms with Gasteiger partial charge in [-0.05, 0) is 42.7 Å². The minimum absolute atomic E-state index is 0.0906. The first kappa shape index (κ1) is 18.4.